The number of benzene rings is 1. The second-order valence-electron chi connectivity index (χ2n) is 4.02. The molecule has 1 fully saturated rings. The van der Waals surface area contributed by atoms with Crippen LogP contribution in [0.5, 0.6) is 0 Å². The van der Waals surface area contributed by atoms with E-state index in [0.29, 0.717) is 0 Å². The smallest absolute Gasteiger partial charge is 0.338 e. The molecule has 98 valence electrons. The van der Waals surface area contributed by atoms with Crippen molar-refractivity contribution in [2.45, 2.75) is 24.6 Å². The number of aliphatic hydroxyl groups excluding tert-OH is 3. The summed E-state index contributed by atoms with van der Waals surface area (Å²) in [5.41, 5.74) is 0.289. The molecule has 0 amide bonds. The summed E-state index contributed by atoms with van der Waals surface area (Å²) in [5, 5.41) is 28.5. The molecule has 1 aromatic rings. The van der Waals surface area contributed by atoms with Crippen molar-refractivity contribution in [1.82, 2.24) is 0 Å². The molecule has 0 saturated carbocycles. The van der Waals surface area contributed by atoms with E-state index in [4.69, 9.17) is 9.47 Å². The number of carbonyl (C=O) groups is 1. The van der Waals surface area contributed by atoms with Gasteiger partial charge < -0.3 is 24.8 Å². The fourth-order valence-electron chi connectivity index (χ4n) is 1.67. The summed E-state index contributed by atoms with van der Waals surface area (Å²) in [5.74, 6) is -0.698. The molecule has 1 heterocycles. The SMILES string of the molecule is O=C(O[C@@H]1[C@@H](O)[C@@H](O)CO[C@@H]1O)c1ccccc1. The van der Waals surface area contributed by atoms with Crippen LogP contribution in [0.3, 0.4) is 0 Å². The Bertz CT molecular complexity index is 406. The molecule has 0 radical (unpaired) electrons. The summed E-state index contributed by atoms with van der Waals surface area (Å²) in [4.78, 5) is 11.7. The van der Waals surface area contributed by atoms with Gasteiger partial charge in [0.2, 0.25) is 0 Å². The molecule has 1 aromatic carbocycles. The molecule has 0 unspecified atom stereocenters. The van der Waals surface area contributed by atoms with Crippen molar-refractivity contribution < 1.29 is 29.6 Å². The van der Waals surface area contributed by atoms with Gasteiger partial charge in [-0.15, -0.1) is 0 Å². The minimum absolute atomic E-state index is 0.207. The third-order valence-electron chi connectivity index (χ3n) is 2.70. The first kappa shape index (κ1) is 13.0. The summed E-state index contributed by atoms with van der Waals surface area (Å²) in [6.45, 7) is -0.207. The van der Waals surface area contributed by atoms with E-state index in [1.165, 1.54) is 0 Å². The Labute approximate surface area is 103 Å². The van der Waals surface area contributed by atoms with Gasteiger partial charge in [0.1, 0.15) is 12.2 Å². The maximum Gasteiger partial charge on any atom is 0.338 e. The van der Waals surface area contributed by atoms with Crippen LogP contribution in [-0.2, 0) is 9.47 Å². The zero-order valence-corrected chi connectivity index (χ0v) is 9.47. The van der Waals surface area contributed by atoms with Gasteiger partial charge >= 0.3 is 5.97 Å². The third kappa shape index (κ3) is 2.68. The number of ether oxygens (including phenoxy) is 2. The van der Waals surface area contributed by atoms with E-state index in [9.17, 15) is 20.1 Å². The summed E-state index contributed by atoms with van der Waals surface area (Å²) < 4.78 is 9.73. The molecule has 18 heavy (non-hydrogen) atoms. The molecule has 1 aliphatic heterocycles. The highest BCUT2D eigenvalue weighted by Gasteiger charge is 2.40. The molecule has 3 N–H and O–H groups in total. The van der Waals surface area contributed by atoms with Crippen LogP contribution in [-0.4, -0.2) is 52.5 Å². The molecule has 0 spiro atoms. The molecule has 6 heteroatoms. The van der Waals surface area contributed by atoms with Crippen molar-refractivity contribution in [2.24, 2.45) is 0 Å². The Kier molecular flexibility index (Phi) is 3.93. The van der Waals surface area contributed by atoms with Gasteiger partial charge in [-0.3, -0.25) is 0 Å². The summed E-state index contributed by atoms with van der Waals surface area (Å²) in [7, 11) is 0. The van der Waals surface area contributed by atoms with Crippen molar-refractivity contribution in [3.63, 3.8) is 0 Å². The van der Waals surface area contributed by atoms with Crippen molar-refractivity contribution in [3.8, 4) is 0 Å². The van der Waals surface area contributed by atoms with E-state index in [1.807, 2.05) is 0 Å². The first-order chi connectivity index (χ1) is 8.59. The second kappa shape index (κ2) is 5.45. The number of hydrogen-bond donors (Lipinski definition) is 3. The Morgan fingerprint density at radius 1 is 1.22 bits per heavy atom. The number of hydrogen-bond acceptors (Lipinski definition) is 6. The standard InChI is InChI=1S/C12H14O6/c13-8-6-17-12(16)10(9(8)14)18-11(15)7-4-2-1-3-5-7/h1-5,8-10,12-14,16H,6H2/t8-,9-,10+,12-/m0/s1. The topological polar surface area (TPSA) is 96.2 Å². The van der Waals surface area contributed by atoms with E-state index in [2.05, 4.69) is 0 Å². The molecular weight excluding hydrogens is 240 g/mol. The summed E-state index contributed by atoms with van der Waals surface area (Å²) in [6, 6.07) is 8.15. The largest absolute Gasteiger partial charge is 0.450 e. The van der Waals surface area contributed by atoms with E-state index in [1.54, 1.807) is 30.3 Å². The maximum absolute atomic E-state index is 11.7. The van der Waals surface area contributed by atoms with Gasteiger partial charge in [-0.25, -0.2) is 4.79 Å². The molecule has 6 nitrogen and oxygen atoms in total. The van der Waals surface area contributed by atoms with E-state index >= 15 is 0 Å². The average molecular weight is 254 g/mol. The van der Waals surface area contributed by atoms with Crippen LogP contribution >= 0.6 is 0 Å². The molecule has 2 rings (SSSR count). The van der Waals surface area contributed by atoms with Crippen molar-refractivity contribution in [2.75, 3.05) is 6.61 Å². The molecule has 4 atom stereocenters. The van der Waals surface area contributed by atoms with Gasteiger partial charge in [0.05, 0.1) is 12.2 Å². The predicted octanol–water partition coefficient (Wildman–Crippen LogP) is -0.718. The molecule has 0 aromatic heterocycles. The Hall–Kier alpha value is -1.47. The van der Waals surface area contributed by atoms with E-state index in [0.717, 1.165) is 0 Å². The second-order valence-corrected chi connectivity index (χ2v) is 4.02. The van der Waals surface area contributed by atoms with E-state index in [-0.39, 0.29) is 12.2 Å². The molecule has 1 saturated heterocycles. The molecule has 1 aliphatic rings. The van der Waals surface area contributed by atoms with Crippen LogP contribution in [0.25, 0.3) is 0 Å². The number of rotatable bonds is 2. The van der Waals surface area contributed by atoms with Gasteiger partial charge in [0, 0.05) is 0 Å². The minimum atomic E-state index is -1.45. The summed E-state index contributed by atoms with van der Waals surface area (Å²) >= 11 is 0. The lowest BCUT2D eigenvalue weighted by Crippen LogP contribution is -2.54. The van der Waals surface area contributed by atoms with E-state index < -0.39 is 30.6 Å². The first-order valence-electron chi connectivity index (χ1n) is 5.51. The maximum atomic E-state index is 11.7. The monoisotopic (exact) mass is 254 g/mol. The highest BCUT2D eigenvalue weighted by Crippen LogP contribution is 2.18. The zero-order valence-electron chi connectivity index (χ0n) is 9.47. The van der Waals surface area contributed by atoms with Gasteiger partial charge in [0.25, 0.3) is 0 Å². The number of carbonyl (C=O) groups excluding carboxylic acids is 1. The predicted molar refractivity (Wildman–Crippen MR) is 59.6 cm³/mol. The normalized spacial score (nSPS) is 31.9. The summed E-state index contributed by atoms with van der Waals surface area (Å²) in [6.07, 6.45) is -5.32. The average Bonchev–Trinajstić information content (AvgIpc) is 2.40. The van der Waals surface area contributed by atoms with Gasteiger partial charge in [0.15, 0.2) is 12.4 Å². The van der Waals surface area contributed by atoms with Gasteiger partial charge in [-0.2, -0.15) is 0 Å². The van der Waals surface area contributed by atoms with Crippen molar-refractivity contribution in [3.05, 3.63) is 35.9 Å². The van der Waals surface area contributed by atoms with Crippen LogP contribution in [0.4, 0.5) is 0 Å². The molecule has 0 bridgehead atoms. The third-order valence-corrected chi connectivity index (χ3v) is 2.70. The molecular formula is C12H14O6. The van der Waals surface area contributed by atoms with Crippen LogP contribution in [0, 0.1) is 0 Å². The zero-order chi connectivity index (χ0) is 13.1. The first-order valence-corrected chi connectivity index (χ1v) is 5.51. The fourth-order valence-corrected chi connectivity index (χ4v) is 1.67. The van der Waals surface area contributed by atoms with Crippen LogP contribution in [0.2, 0.25) is 0 Å². The lowest BCUT2D eigenvalue weighted by molar-refractivity contribution is -0.251. The Morgan fingerprint density at radius 2 is 1.89 bits per heavy atom. The Morgan fingerprint density at radius 3 is 2.56 bits per heavy atom. The van der Waals surface area contributed by atoms with Gasteiger partial charge in [-0.1, -0.05) is 18.2 Å². The van der Waals surface area contributed by atoms with Crippen LogP contribution < -0.4 is 0 Å². The highest BCUT2D eigenvalue weighted by molar-refractivity contribution is 5.89. The minimum Gasteiger partial charge on any atom is -0.450 e. The lowest BCUT2D eigenvalue weighted by atomic mass is 10.1. The highest BCUT2D eigenvalue weighted by atomic mass is 16.7. The number of esters is 1. The van der Waals surface area contributed by atoms with Crippen LogP contribution in [0.15, 0.2) is 30.3 Å². The van der Waals surface area contributed by atoms with Crippen molar-refractivity contribution >= 4 is 5.97 Å². The molecule has 0 aliphatic carbocycles. The quantitative estimate of drug-likeness (QED) is 0.603. The van der Waals surface area contributed by atoms with Crippen molar-refractivity contribution in [1.29, 1.82) is 0 Å². The van der Waals surface area contributed by atoms with Gasteiger partial charge in [-0.05, 0) is 12.1 Å². The Balaban J connectivity index is 2.06. The number of aliphatic hydroxyl groups is 3. The van der Waals surface area contributed by atoms with Crippen LogP contribution in [0.1, 0.15) is 10.4 Å². The fraction of sp³-hybridized carbons (Fsp3) is 0.417. The lowest BCUT2D eigenvalue weighted by Gasteiger charge is -2.34.